The lowest BCUT2D eigenvalue weighted by Gasteiger charge is -2.12. The molecule has 0 atom stereocenters. The van der Waals surface area contributed by atoms with Crippen molar-refractivity contribution < 1.29 is 0 Å². The van der Waals surface area contributed by atoms with Crippen LogP contribution >= 0.6 is 11.3 Å². The molecular formula is C53H33N3S. The predicted octanol–water partition coefficient (Wildman–Crippen LogP) is 14.5. The van der Waals surface area contributed by atoms with Gasteiger partial charge in [-0.05, 0) is 57.3 Å². The first-order valence-electron chi connectivity index (χ1n) is 19.2. The van der Waals surface area contributed by atoms with E-state index < -0.39 is 0 Å². The normalized spacial score (nSPS) is 11.5. The van der Waals surface area contributed by atoms with Gasteiger partial charge in [0.25, 0.3) is 0 Å². The Bertz CT molecular complexity index is 3260. The minimum Gasteiger partial charge on any atom is -0.246 e. The lowest BCUT2D eigenvalue weighted by atomic mass is 9.97. The van der Waals surface area contributed by atoms with Crippen molar-refractivity contribution in [2.45, 2.75) is 0 Å². The number of fused-ring (bicyclic) bond motifs is 7. The van der Waals surface area contributed by atoms with Crippen LogP contribution in [0, 0.1) is 0 Å². The third-order valence-corrected chi connectivity index (χ3v) is 12.1. The summed E-state index contributed by atoms with van der Waals surface area (Å²) in [7, 11) is 0. The second-order valence-electron chi connectivity index (χ2n) is 14.4. The van der Waals surface area contributed by atoms with Gasteiger partial charge in [-0.1, -0.05) is 176 Å². The zero-order chi connectivity index (χ0) is 37.7. The van der Waals surface area contributed by atoms with E-state index >= 15 is 0 Å². The zero-order valence-electron chi connectivity index (χ0n) is 30.8. The summed E-state index contributed by atoms with van der Waals surface area (Å²) in [5.74, 6) is 0.693. The summed E-state index contributed by atoms with van der Waals surface area (Å²) in [6.45, 7) is 0. The molecule has 4 heteroatoms. The summed E-state index contributed by atoms with van der Waals surface area (Å²) in [5.41, 5.74) is 12.6. The molecule has 266 valence electrons. The topological polar surface area (TPSA) is 38.7 Å². The van der Waals surface area contributed by atoms with Crippen molar-refractivity contribution in [3.8, 4) is 67.4 Å². The molecule has 3 nitrogen and oxygen atoms in total. The first-order valence-corrected chi connectivity index (χ1v) is 20.0. The number of benzene rings is 8. The summed E-state index contributed by atoms with van der Waals surface area (Å²) in [6, 6.07) is 70.7. The van der Waals surface area contributed by atoms with E-state index in [9.17, 15) is 0 Å². The van der Waals surface area contributed by atoms with Crippen LogP contribution in [-0.4, -0.2) is 15.0 Å². The van der Waals surface area contributed by atoms with Gasteiger partial charge in [-0.25, -0.2) is 15.0 Å². The first-order chi connectivity index (χ1) is 28.2. The lowest BCUT2D eigenvalue weighted by Crippen LogP contribution is -1.96. The minimum atomic E-state index is 0.693. The van der Waals surface area contributed by atoms with Crippen LogP contribution in [0.2, 0.25) is 0 Å². The second-order valence-corrected chi connectivity index (χ2v) is 15.4. The molecule has 0 saturated carbocycles. The Morgan fingerprint density at radius 1 is 0.333 bits per heavy atom. The van der Waals surface area contributed by atoms with E-state index in [0.29, 0.717) is 5.82 Å². The van der Waals surface area contributed by atoms with E-state index in [0.717, 1.165) is 56.0 Å². The number of pyridine rings is 1. The molecule has 0 fully saturated rings. The van der Waals surface area contributed by atoms with Crippen molar-refractivity contribution in [1.29, 1.82) is 0 Å². The Labute approximate surface area is 334 Å². The maximum Gasteiger partial charge on any atom is 0.160 e. The molecule has 11 rings (SSSR count). The SMILES string of the molecule is c1ccc(-c2ccc(-c3cc(-c4ccccc4)nc(-c4ccc(-c5cccc(-c6nc7ccc8ccccc8c7c7c6sc6ccccc67)c5)cc4)n3)cc2)cc1. The number of hydrogen-bond donors (Lipinski definition) is 0. The highest BCUT2D eigenvalue weighted by atomic mass is 32.1. The standard InChI is InChI=1S/C53H33N3S/c1-3-12-34(13-4-1)35-22-26-39(27-23-35)47-33-46(38-15-5-2-6-16-38)55-53(56-47)40-28-24-36(25-29-40)41-17-11-18-42(32-41)51-52-50(44-20-9-10-21-48(44)57-52)49-43-19-8-7-14-37(43)30-31-45(49)54-51/h1-33H. The lowest BCUT2D eigenvalue weighted by molar-refractivity contribution is 1.18. The van der Waals surface area contributed by atoms with Crippen molar-refractivity contribution in [1.82, 2.24) is 15.0 Å². The smallest absolute Gasteiger partial charge is 0.160 e. The van der Waals surface area contributed by atoms with Crippen molar-refractivity contribution in [2.24, 2.45) is 0 Å². The fraction of sp³-hybridized carbons (Fsp3) is 0. The van der Waals surface area contributed by atoms with Crippen LogP contribution in [0.25, 0.3) is 109 Å². The van der Waals surface area contributed by atoms with Gasteiger partial charge in [0.15, 0.2) is 5.82 Å². The monoisotopic (exact) mass is 743 g/mol. The highest BCUT2D eigenvalue weighted by Gasteiger charge is 2.18. The molecule has 57 heavy (non-hydrogen) atoms. The maximum atomic E-state index is 5.39. The van der Waals surface area contributed by atoms with E-state index in [2.05, 4.69) is 188 Å². The molecule has 0 N–H and O–H groups in total. The van der Waals surface area contributed by atoms with Gasteiger partial charge < -0.3 is 0 Å². The average Bonchev–Trinajstić information content (AvgIpc) is 3.69. The number of thiophene rings is 1. The zero-order valence-corrected chi connectivity index (χ0v) is 31.6. The molecule has 0 aliphatic heterocycles. The summed E-state index contributed by atoms with van der Waals surface area (Å²) in [6.07, 6.45) is 0. The van der Waals surface area contributed by atoms with E-state index in [4.69, 9.17) is 15.0 Å². The van der Waals surface area contributed by atoms with Gasteiger partial charge in [0.2, 0.25) is 0 Å². The highest BCUT2D eigenvalue weighted by Crippen LogP contribution is 2.45. The van der Waals surface area contributed by atoms with Gasteiger partial charge in [-0.3, -0.25) is 0 Å². The fourth-order valence-electron chi connectivity index (χ4n) is 8.05. The van der Waals surface area contributed by atoms with Crippen molar-refractivity contribution in [3.05, 3.63) is 200 Å². The average molecular weight is 744 g/mol. The van der Waals surface area contributed by atoms with Gasteiger partial charge in [0.1, 0.15) is 0 Å². The van der Waals surface area contributed by atoms with E-state index in [1.165, 1.54) is 47.5 Å². The molecule has 0 radical (unpaired) electrons. The van der Waals surface area contributed by atoms with E-state index in [-0.39, 0.29) is 0 Å². The van der Waals surface area contributed by atoms with Gasteiger partial charge in [-0.15, -0.1) is 11.3 Å². The van der Waals surface area contributed by atoms with Crippen LogP contribution < -0.4 is 0 Å². The number of rotatable bonds is 6. The number of nitrogens with zero attached hydrogens (tertiary/aromatic N) is 3. The van der Waals surface area contributed by atoms with Crippen LogP contribution in [0.4, 0.5) is 0 Å². The molecule has 0 unspecified atom stereocenters. The Hall–Kier alpha value is -7.27. The predicted molar refractivity (Wildman–Crippen MR) is 240 cm³/mol. The largest absolute Gasteiger partial charge is 0.246 e. The van der Waals surface area contributed by atoms with Crippen molar-refractivity contribution in [3.63, 3.8) is 0 Å². The van der Waals surface area contributed by atoms with Crippen molar-refractivity contribution >= 4 is 53.2 Å². The summed E-state index contributed by atoms with van der Waals surface area (Å²) < 4.78 is 2.49. The molecule has 8 aromatic carbocycles. The number of aromatic nitrogens is 3. The van der Waals surface area contributed by atoms with E-state index in [1.807, 2.05) is 23.5 Å². The molecule has 3 heterocycles. The quantitative estimate of drug-likeness (QED) is 0.159. The molecule has 0 aliphatic rings. The van der Waals surface area contributed by atoms with Gasteiger partial charge in [0, 0.05) is 43.1 Å². The molecule has 0 amide bonds. The summed E-state index contributed by atoms with van der Waals surface area (Å²) in [5, 5.41) is 6.25. The Balaban J connectivity index is 0.984. The summed E-state index contributed by atoms with van der Waals surface area (Å²) >= 11 is 1.83. The Morgan fingerprint density at radius 3 is 1.63 bits per heavy atom. The van der Waals surface area contributed by atoms with Crippen LogP contribution in [0.5, 0.6) is 0 Å². The third kappa shape index (κ3) is 5.95. The van der Waals surface area contributed by atoms with Crippen LogP contribution in [0.1, 0.15) is 0 Å². The molecule has 0 bridgehead atoms. The van der Waals surface area contributed by atoms with Gasteiger partial charge >= 0.3 is 0 Å². The van der Waals surface area contributed by atoms with E-state index in [1.54, 1.807) is 0 Å². The Kier molecular flexibility index (Phi) is 8.01. The minimum absolute atomic E-state index is 0.693. The van der Waals surface area contributed by atoms with Gasteiger partial charge in [-0.2, -0.15) is 0 Å². The van der Waals surface area contributed by atoms with Gasteiger partial charge in [0.05, 0.1) is 27.3 Å². The molecule has 0 aliphatic carbocycles. The summed E-state index contributed by atoms with van der Waals surface area (Å²) in [4.78, 5) is 15.6. The fourth-order valence-corrected chi connectivity index (χ4v) is 9.27. The first kappa shape index (κ1) is 33.1. The molecule has 3 aromatic heterocycles. The molecule has 0 saturated heterocycles. The third-order valence-electron chi connectivity index (χ3n) is 10.9. The second kappa shape index (κ2) is 13.8. The van der Waals surface area contributed by atoms with Crippen LogP contribution in [0.3, 0.4) is 0 Å². The molecule has 0 spiro atoms. The number of hydrogen-bond acceptors (Lipinski definition) is 4. The maximum absolute atomic E-state index is 5.39. The van der Waals surface area contributed by atoms with Crippen molar-refractivity contribution in [2.75, 3.05) is 0 Å². The molecule has 11 aromatic rings. The highest BCUT2D eigenvalue weighted by molar-refractivity contribution is 7.26. The van der Waals surface area contributed by atoms with Crippen LogP contribution in [-0.2, 0) is 0 Å². The Morgan fingerprint density at radius 2 is 0.877 bits per heavy atom. The molecular weight excluding hydrogens is 711 g/mol. The van der Waals surface area contributed by atoms with Crippen LogP contribution in [0.15, 0.2) is 200 Å².